The number of aliphatic hydroxyl groups is 1. The molecule has 1 saturated heterocycles. The summed E-state index contributed by atoms with van der Waals surface area (Å²) in [6.07, 6.45) is -1.01. The Kier molecular flexibility index (Phi) is 7.77. The molecular weight excluding hydrogens is 498 g/mol. The van der Waals surface area contributed by atoms with Gasteiger partial charge < -0.3 is 15.6 Å². The largest absolute Gasteiger partial charge is 0.674 e. The first kappa shape index (κ1) is 18.2. The van der Waals surface area contributed by atoms with Crippen LogP contribution in [0.25, 0.3) is 5.73 Å². The summed E-state index contributed by atoms with van der Waals surface area (Å²) in [5, 5.41) is 8.71. The number of benzene rings is 1. The maximum atomic E-state index is 13.8. The Hall–Kier alpha value is 0.132. The van der Waals surface area contributed by atoms with Crippen LogP contribution < -0.4 is 4.90 Å². The smallest absolute Gasteiger partial charge is 0.414 e. The molecule has 0 unspecified atom stereocenters. The molecule has 0 aliphatic carbocycles. The minimum Gasteiger partial charge on any atom is -0.674 e. The number of anilines is 1. The molecular formula is C12H14AcFN2O3S-. The summed E-state index contributed by atoms with van der Waals surface area (Å²) in [4.78, 5) is 13.3. The van der Waals surface area contributed by atoms with Crippen LogP contribution in [0.4, 0.5) is 14.9 Å². The second-order valence-electron chi connectivity index (χ2n) is 4.01. The molecule has 107 valence electrons. The van der Waals surface area contributed by atoms with Crippen LogP contribution in [0.5, 0.6) is 0 Å². The number of cyclic esters (lactones) is 1. The quantitative estimate of drug-likeness (QED) is 0.615. The van der Waals surface area contributed by atoms with E-state index >= 15 is 0 Å². The fourth-order valence-electron chi connectivity index (χ4n) is 1.77. The molecule has 20 heavy (non-hydrogen) atoms. The van der Waals surface area contributed by atoms with Crippen molar-refractivity contribution in [3.05, 3.63) is 29.7 Å². The number of hydrogen-bond acceptors (Lipinski definition) is 4. The van der Waals surface area contributed by atoms with Crippen molar-refractivity contribution in [3.8, 4) is 0 Å². The Bertz CT molecular complexity index is 478. The predicted molar refractivity (Wildman–Crippen MR) is 71.0 cm³/mol. The van der Waals surface area contributed by atoms with Gasteiger partial charge in [0.05, 0.1) is 18.8 Å². The van der Waals surface area contributed by atoms with Gasteiger partial charge in [-0.1, -0.05) is 0 Å². The van der Waals surface area contributed by atoms with Crippen LogP contribution >= 0.6 is 11.8 Å². The summed E-state index contributed by atoms with van der Waals surface area (Å²) in [6.45, 7) is 0.246. The zero-order chi connectivity index (χ0) is 13.8. The maximum absolute atomic E-state index is 13.8. The van der Waals surface area contributed by atoms with Crippen molar-refractivity contribution in [1.82, 2.24) is 0 Å². The van der Waals surface area contributed by atoms with Crippen LogP contribution in [-0.2, 0) is 4.74 Å². The van der Waals surface area contributed by atoms with E-state index in [2.05, 4.69) is 0 Å². The summed E-state index contributed by atoms with van der Waals surface area (Å²) in [5.74, 6) is -0.0128. The van der Waals surface area contributed by atoms with Crippen molar-refractivity contribution in [2.75, 3.05) is 30.3 Å². The minimum atomic E-state index is -0.549. The first-order valence-electron chi connectivity index (χ1n) is 5.81. The van der Waals surface area contributed by atoms with Gasteiger partial charge in [-0.2, -0.15) is 0 Å². The topological polar surface area (TPSA) is 73.6 Å². The Balaban J connectivity index is 0.00000200. The molecule has 1 fully saturated rings. The van der Waals surface area contributed by atoms with E-state index in [0.29, 0.717) is 16.3 Å². The Morgan fingerprint density at radius 1 is 1.55 bits per heavy atom. The number of nitrogens with zero attached hydrogens (tertiary/aromatic N) is 1. The van der Waals surface area contributed by atoms with E-state index in [0.717, 1.165) is 0 Å². The second-order valence-corrected chi connectivity index (χ2v) is 5.14. The molecule has 1 radical (unpaired) electrons. The van der Waals surface area contributed by atoms with E-state index in [9.17, 15) is 9.18 Å². The first-order chi connectivity index (χ1) is 9.15. The second kappa shape index (κ2) is 8.54. The van der Waals surface area contributed by atoms with Crippen LogP contribution in [0.2, 0.25) is 0 Å². The molecule has 1 atom stereocenters. The molecule has 1 aromatic rings. The van der Waals surface area contributed by atoms with Gasteiger partial charge in [-0.05, 0) is 18.2 Å². The zero-order valence-electron chi connectivity index (χ0n) is 10.7. The number of carbonyl (C=O) groups is 1. The molecule has 0 bridgehead atoms. The molecule has 1 aromatic carbocycles. The van der Waals surface area contributed by atoms with E-state index in [4.69, 9.17) is 15.6 Å². The van der Waals surface area contributed by atoms with Crippen molar-refractivity contribution in [2.45, 2.75) is 11.0 Å². The van der Waals surface area contributed by atoms with Crippen molar-refractivity contribution in [3.63, 3.8) is 0 Å². The molecule has 5 nitrogen and oxygen atoms in total. The van der Waals surface area contributed by atoms with Gasteiger partial charge in [0, 0.05) is 54.7 Å². The maximum Gasteiger partial charge on any atom is 0.414 e. The molecule has 0 spiro atoms. The average Bonchev–Trinajstić information content (AvgIpc) is 2.78. The molecule has 0 aromatic heterocycles. The third-order valence-electron chi connectivity index (χ3n) is 2.68. The number of hydrogen-bond donors (Lipinski definition) is 1. The number of nitrogens with one attached hydrogen (secondary N) is 1. The Morgan fingerprint density at radius 2 is 2.30 bits per heavy atom. The number of rotatable bonds is 5. The molecule has 1 heterocycles. The van der Waals surface area contributed by atoms with Crippen molar-refractivity contribution >= 4 is 23.5 Å². The van der Waals surface area contributed by atoms with Gasteiger partial charge in [0.1, 0.15) is 11.9 Å². The monoisotopic (exact) mass is 512 g/mol. The normalized spacial score (nSPS) is 17.9. The average molecular weight is 512 g/mol. The zero-order valence-corrected chi connectivity index (χ0v) is 16.3. The number of aliphatic hydroxyl groups excluding tert-OH is 1. The third kappa shape index (κ3) is 4.31. The standard InChI is InChI=1S/C12H14FN2O3S.Ac/c13-10-5-8(1-2-11(10)19-4-3-16)15-7-9(6-14)18-12(15)17;/h1-2,5,9,14,16H,3-4,6-7H2;/q-1;/t9-;/m0./s1. The number of thioether (sulfide) groups is 1. The predicted octanol–water partition coefficient (Wildman–Crippen LogP) is 2.29. The van der Waals surface area contributed by atoms with Gasteiger partial charge in [0.25, 0.3) is 0 Å². The number of carbonyl (C=O) groups excluding carboxylic acids is 1. The van der Waals surface area contributed by atoms with Crippen LogP contribution in [0.1, 0.15) is 0 Å². The van der Waals surface area contributed by atoms with Crippen molar-refractivity contribution < 1.29 is 63.1 Å². The van der Waals surface area contributed by atoms with Crippen LogP contribution in [-0.4, -0.2) is 42.8 Å². The molecule has 1 aliphatic rings. The molecule has 0 saturated carbocycles. The van der Waals surface area contributed by atoms with Crippen LogP contribution in [0.3, 0.4) is 0 Å². The minimum absolute atomic E-state index is 0. The summed E-state index contributed by atoms with van der Waals surface area (Å²) < 4.78 is 18.8. The van der Waals surface area contributed by atoms with Crippen LogP contribution in [0, 0.1) is 49.9 Å². The third-order valence-corrected chi connectivity index (χ3v) is 3.71. The summed E-state index contributed by atoms with van der Waals surface area (Å²) >= 11 is 1.21. The molecule has 1 aliphatic heterocycles. The number of halogens is 1. The number of ether oxygens (including phenoxy) is 1. The van der Waals surface area contributed by atoms with Gasteiger partial charge >= 0.3 is 6.09 Å². The van der Waals surface area contributed by atoms with E-state index in [1.54, 1.807) is 12.1 Å². The first-order valence-corrected chi connectivity index (χ1v) is 6.80. The van der Waals surface area contributed by atoms with Gasteiger partial charge in [-0.25, -0.2) is 9.18 Å². The van der Waals surface area contributed by atoms with Crippen molar-refractivity contribution in [1.29, 1.82) is 0 Å². The fraction of sp³-hybridized carbons (Fsp3) is 0.417. The van der Waals surface area contributed by atoms with E-state index in [1.807, 2.05) is 0 Å². The van der Waals surface area contributed by atoms with E-state index in [-0.39, 0.29) is 63.8 Å². The summed E-state index contributed by atoms with van der Waals surface area (Å²) in [6, 6.07) is 4.48. The molecule has 8 heteroatoms. The Labute approximate surface area is 156 Å². The van der Waals surface area contributed by atoms with Gasteiger partial charge in [0.2, 0.25) is 0 Å². The van der Waals surface area contributed by atoms with E-state index < -0.39 is 18.0 Å². The van der Waals surface area contributed by atoms with Gasteiger partial charge in [-0.15, -0.1) is 18.3 Å². The molecule has 2 N–H and O–H groups in total. The molecule has 2 rings (SSSR count). The summed E-state index contributed by atoms with van der Waals surface area (Å²) in [5.41, 5.74) is 7.61. The summed E-state index contributed by atoms with van der Waals surface area (Å²) in [7, 11) is 0. The number of amides is 1. The Morgan fingerprint density at radius 3 is 2.85 bits per heavy atom. The molecule has 1 amide bonds. The van der Waals surface area contributed by atoms with Crippen molar-refractivity contribution in [2.24, 2.45) is 0 Å². The van der Waals surface area contributed by atoms with E-state index in [1.165, 1.54) is 22.7 Å². The SMILES string of the molecule is [Ac].[NH-]C[C@H]1CN(c2ccc(SCCO)c(F)c2)C(=O)O1. The fourth-order valence-corrected chi connectivity index (χ4v) is 2.44. The van der Waals surface area contributed by atoms with Gasteiger partial charge in [0.15, 0.2) is 0 Å². The van der Waals surface area contributed by atoms with Gasteiger partial charge in [-0.3, -0.25) is 4.90 Å². The van der Waals surface area contributed by atoms with Crippen LogP contribution in [0.15, 0.2) is 23.1 Å².